The van der Waals surface area contributed by atoms with Crippen LogP contribution in [-0.2, 0) is 10.0 Å². The van der Waals surface area contributed by atoms with Crippen molar-refractivity contribution in [3.63, 3.8) is 0 Å². The van der Waals surface area contributed by atoms with E-state index in [0.29, 0.717) is 0 Å². The Morgan fingerprint density at radius 3 is 2.38 bits per heavy atom. The summed E-state index contributed by atoms with van der Waals surface area (Å²) in [7, 11) is -4.13. The van der Waals surface area contributed by atoms with Crippen molar-refractivity contribution in [2.45, 2.75) is 4.90 Å². The van der Waals surface area contributed by atoms with Crippen molar-refractivity contribution in [2.24, 2.45) is 4.40 Å². The Morgan fingerprint density at radius 2 is 1.81 bits per heavy atom. The predicted molar refractivity (Wildman–Crippen MR) is 70.5 cm³/mol. The fourth-order valence-electron chi connectivity index (χ4n) is 1.39. The third-order valence-electron chi connectivity index (χ3n) is 2.28. The number of sulfonamides is 1. The number of benzene rings is 2. The van der Waals surface area contributed by atoms with E-state index in [0.717, 1.165) is 0 Å². The summed E-state index contributed by atoms with van der Waals surface area (Å²) < 4.78 is 27.1. The first-order valence-corrected chi connectivity index (χ1v) is 7.05. The summed E-state index contributed by atoms with van der Waals surface area (Å²) >= 11 is 5.77. The fourth-order valence-corrected chi connectivity index (χ4v) is 2.75. The summed E-state index contributed by atoms with van der Waals surface area (Å²) in [6.07, 6.45) is 0. The molecule has 2 aromatic carbocycles. The van der Waals surface area contributed by atoms with Gasteiger partial charge in [0.05, 0.1) is 0 Å². The number of halogens is 1. The molecule has 98 valence electrons. The van der Waals surface area contributed by atoms with Crippen molar-refractivity contribution < 1.29 is 61.9 Å². The second kappa shape index (κ2) is 9.01. The van der Waals surface area contributed by atoms with E-state index < -0.39 is 15.9 Å². The van der Waals surface area contributed by atoms with Gasteiger partial charge >= 0.3 is 48.4 Å². The van der Waals surface area contributed by atoms with Gasteiger partial charge in [0.25, 0.3) is 0 Å². The second-order valence-electron chi connectivity index (χ2n) is 3.59. The minimum atomic E-state index is -4.13. The molecule has 0 bridgehead atoms. The van der Waals surface area contributed by atoms with Gasteiger partial charge in [-0.1, -0.05) is 30.3 Å². The predicted octanol–water partition coefficient (Wildman–Crippen LogP) is -4.36. The van der Waals surface area contributed by atoms with Crippen LogP contribution in [0.4, 0.5) is 0 Å². The van der Waals surface area contributed by atoms with Gasteiger partial charge in [-0.3, -0.25) is 0 Å². The maximum atomic E-state index is 11.9. The number of hydrogen-bond donors (Lipinski definition) is 0. The molecule has 8 heteroatoms. The first-order valence-electron chi connectivity index (χ1n) is 5.24. The number of hydrogen-bond acceptors (Lipinski definition) is 3. The van der Waals surface area contributed by atoms with Gasteiger partial charge in [-0.25, -0.2) is 8.42 Å². The van der Waals surface area contributed by atoms with Crippen LogP contribution in [0.2, 0.25) is 5.02 Å². The smallest absolute Gasteiger partial charge is 0.858 e. The molecule has 0 aliphatic carbocycles. The maximum Gasteiger partial charge on any atom is 1.00 e. The van der Waals surface area contributed by atoms with Crippen LogP contribution in [0, 0.1) is 6.07 Å². The molecule has 0 spiro atoms. The molecule has 2 rings (SSSR count). The molecule has 4 nitrogen and oxygen atoms in total. The summed E-state index contributed by atoms with van der Waals surface area (Å²) in [5.41, 5.74) is 0.196. The third kappa shape index (κ3) is 5.46. The van der Waals surface area contributed by atoms with Gasteiger partial charge in [0.2, 0.25) is 10.0 Å². The van der Waals surface area contributed by atoms with Crippen molar-refractivity contribution >= 4 is 27.5 Å². The van der Waals surface area contributed by atoms with E-state index in [9.17, 15) is 13.5 Å². The first kappa shape index (κ1) is 20.7. The Hall–Kier alpha value is -0.253. The Kier molecular flexibility index (Phi) is 8.91. The Bertz CT molecular complexity index is 723. The third-order valence-corrected chi connectivity index (χ3v) is 4.02. The zero-order valence-corrected chi connectivity index (χ0v) is 15.1. The van der Waals surface area contributed by atoms with Crippen LogP contribution < -0.4 is 53.5 Å². The topological polar surface area (TPSA) is 69.6 Å². The summed E-state index contributed by atoms with van der Waals surface area (Å²) in [5, 5.41) is 11.7. The van der Waals surface area contributed by atoms with E-state index in [1.165, 1.54) is 30.3 Å². The van der Waals surface area contributed by atoms with Crippen molar-refractivity contribution in [1.82, 2.24) is 0 Å². The Labute approximate surface area is 162 Å². The summed E-state index contributed by atoms with van der Waals surface area (Å²) in [4.78, 5) is -0.235. The molecule has 0 heterocycles. The van der Waals surface area contributed by atoms with Crippen LogP contribution in [0.5, 0.6) is 0 Å². The van der Waals surface area contributed by atoms with E-state index in [1.807, 2.05) is 0 Å². The zero-order valence-electron chi connectivity index (χ0n) is 11.6. The Balaban J connectivity index is 0.00000200. The standard InChI is InChI=1S/C13H9ClNO3S.Li.Na/c14-11-8-4-5-9-12(11)19(17,18)15-13(16)10-6-2-1-3-7-10;;/h1-4,6-9H,(H,15,16);;/q-1;2*+1/p-1. The molecular weight excluding hydrogens is 316 g/mol. The molecule has 2 aromatic rings. The summed E-state index contributed by atoms with van der Waals surface area (Å²) in [6.45, 7) is 0. The molecule has 0 unspecified atom stereocenters. The average Bonchev–Trinajstić information content (AvgIpc) is 2.39. The van der Waals surface area contributed by atoms with Crippen molar-refractivity contribution in [1.29, 1.82) is 0 Å². The minimum absolute atomic E-state index is 0. The molecule has 0 aliphatic rings. The summed E-state index contributed by atoms with van der Waals surface area (Å²) in [6, 6.07) is 14.5. The van der Waals surface area contributed by atoms with Gasteiger partial charge in [0, 0.05) is 5.90 Å². The fraction of sp³-hybridized carbons (Fsp3) is 0. The van der Waals surface area contributed by atoms with E-state index in [-0.39, 0.29) is 63.9 Å². The minimum Gasteiger partial charge on any atom is -0.858 e. The van der Waals surface area contributed by atoms with Gasteiger partial charge < -0.3 is 5.11 Å². The van der Waals surface area contributed by atoms with E-state index >= 15 is 0 Å². The van der Waals surface area contributed by atoms with Gasteiger partial charge in [0.1, 0.15) is 0 Å². The van der Waals surface area contributed by atoms with Crippen molar-refractivity contribution in [3.05, 3.63) is 65.2 Å². The quantitative estimate of drug-likeness (QED) is 0.248. The normalized spacial score (nSPS) is 11.2. The maximum absolute atomic E-state index is 11.9. The van der Waals surface area contributed by atoms with Crippen molar-refractivity contribution in [3.8, 4) is 0 Å². The van der Waals surface area contributed by atoms with Crippen LogP contribution in [0.15, 0.2) is 57.8 Å². The second-order valence-corrected chi connectivity index (χ2v) is 5.57. The molecule has 0 amide bonds. The summed E-state index contributed by atoms with van der Waals surface area (Å²) in [5.74, 6) is -0.833. The van der Waals surface area contributed by atoms with Crippen LogP contribution in [0.1, 0.15) is 5.56 Å². The molecule has 0 N–H and O–H groups in total. The molecule has 0 aromatic heterocycles. The van der Waals surface area contributed by atoms with Crippen LogP contribution >= 0.6 is 11.6 Å². The first-order chi connectivity index (χ1) is 9.00. The monoisotopic (exact) mass is 323 g/mol. The Morgan fingerprint density at radius 1 is 1.19 bits per heavy atom. The van der Waals surface area contributed by atoms with Crippen LogP contribution in [0.3, 0.4) is 0 Å². The van der Waals surface area contributed by atoms with Crippen molar-refractivity contribution in [2.75, 3.05) is 0 Å². The molecule has 0 aliphatic heterocycles. The molecule has 0 atom stereocenters. The molecule has 21 heavy (non-hydrogen) atoms. The van der Waals surface area contributed by atoms with E-state index in [2.05, 4.69) is 10.5 Å². The van der Waals surface area contributed by atoms with E-state index in [1.54, 1.807) is 18.2 Å². The van der Waals surface area contributed by atoms with Gasteiger partial charge in [-0.05, 0) is 15.5 Å². The molecule has 0 saturated carbocycles. The average molecular weight is 324 g/mol. The van der Waals surface area contributed by atoms with Gasteiger partial charge in [0.15, 0.2) is 0 Å². The number of rotatable bonds is 3. The molecule has 0 fully saturated rings. The van der Waals surface area contributed by atoms with Gasteiger partial charge in [-0.2, -0.15) is 28.7 Å². The SMILES string of the molecule is O=S(=O)(/N=C(\[O-])c1ccccc1)c1c[c-]ccc1Cl.[Li+].[Na+]. The largest absolute Gasteiger partial charge is 1.00 e. The van der Waals surface area contributed by atoms with Gasteiger partial charge in [-0.15, -0.1) is 11.6 Å². The molecule has 0 radical (unpaired) electrons. The van der Waals surface area contributed by atoms with E-state index in [4.69, 9.17) is 11.6 Å². The molecular formula is C13H8ClLiNNaO3S. The van der Waals surface area contributed by atoms with Crippen LogP contribution in [0.25, 0.3) is 0 Å². The van der Waals surface area contributed by atoms with Crippen LogP contribution in [-0.4, -0.2) is 14.3 Å². The zero-order chi connectivity index (χ0) is 13.9. The number of nitrogens with zero attached hydrogens (tertiary/aromatic N) is 1. The molecule has 0 saturated heterocycles.